The van der Waals surface area contributed by atoms with Crippen molar-refractivity contribution >= 4 is 21.8 Å². The third-order valence-electron chi connectivity index (χ3n) is 3.47. The van der Waals surface area contributed by atoms with Gasteiger partial charge in [0.1, 0.15) is 0 Å². The molecule has 0 aliphatic heterocycles. The highest BCUT2D eigenvalue weighted by atomic mass is 79.9. The molecule has 1 saturated carbocycles. The summed E-state index contributed by atoms with van der Waals surface area (Å²) < 4.78 is 0. The smallest absolute Gasteiger partial charge is 0.220 e. The van der Waals surface area contributed by atoms with Gasteiger partial charge in [-0.2, -0.15) is 0 Å². The summed E-state index contributed by atoms with van der Waals surface area (Å²) in [6, 6.07) is 0. The highest BCUT2D eigenvalue weighted by Crippen LogP contribution is 2.27. The van der Waals surface area contributed by atoms with Crippen molar-refractivity contribution < 1.29 is 4.79 Å². The van der Waals surface area contributed by atoms with Crippen LogP contribution in [0.3, 0.4) is 0 Å². The monoisotopic (exact) mass is 289 g/mol. The topological polar surface area (TPSA) is 29.1 Å². The van der Waals surface area contributed by atoms with Crippen molar-refractivity contribution in [3.63, 3.8) is 0 Å². The minimum atomic E-state index is 0.225. The van der Waals surface area contributed by atoms with Crippen molar-refractivity contribution in [1.82, 2.24) is 5.32 Å². The minimum Gasteiger partial charge on any atom is -0.355 e. The van der Waals surface area contributed by atoms with Crippen molar-refractivity contribution in [2.45, 2.75) is 63.1 Å². The Bertz CT molecular complexity index is 202. The van der Waals surface area contributed by atoms with Crippen LogP contribution in [0.5, 0.6) is 0 Å². The molecule has 0 saturated heterocycles. The van der Waals surface area contributed by atoms with Gasteiger partial charge in [0.05, 0.1) is 0 Å². The summed E-state index contributed by atoms with van der Waals surface area (Å²) >= 11 is 3.52. The zero-order valence-electron chi connectivity index (χ0n) is 10.3. The van der Waals surface area contributed by atoms with Crippen molar-refractivity contribution in [2.75, 3.05) is 6.54 Å². The largest absolute Gasteiger partial charge is 0.355 e. The third kappa shape index (κ3) is 5.88. The number of nitrogens with one attached hydrogen (secondary N) is 1. The lowest BCUT2D eigenvalue weighted by atomic mass is 9.86. The predicted octanol–water partition coefficient (Wildman–Crippen LogP) is 3.64. The van der Waals surface area contributed by atoms with Crippen molar-refractivity contribution in [1.29, 1.82) is 0 Å². The Morgan fingerprint density at radius 1 is 1.38 bits per heavy atom. The van der Waals surface area contributed by atoms with Gasteiger partial charge in [-0.25, -0.2) is 0 Å². The third-order valence-corrected chi connectivity index (χ3v) is 4.44. The summed E-state index contributed by atoms with van der Waals surface area (Å²) in [6.45, 7) is 2.88. The Morgan fingerprint density at radius 3 is 2.69 bits per heavy atom. The molecule has 0 heterocycles. The van der Waals surface area contributed by atoms with Crippen molar-refractivity contribution in [3.8, 4) is 0 Å². The number of halogens is 1. The Hall–Kier alpha value is -0.0500. The molecule has 0 bridgehead atoms. The van der Waals surface area contributed by atoms with Gasteiger partial charge < -0.3 is 5.32 Å². The van der Waals surface area contributed by atoms with Gasteiger partial charge in [0.2, 0.25) is 5.91 Å². The zero-order chi connectivity index (χ0) is 11.8. The standard InChI is InChI=1S/C13H24BrNO/c1-2-12(14)10-15-13(16)9-8-11-6-4-3-5-7-11/h11-12H,2-10H2,1H3,(H,15,16). The molecule has 1 fully saturated rings. The molecule has 1 atom stereocenters. The molecule has 1 unspecified atom stereocenters. The van der Waals surface area contributed by atoms with Gasteiger partial charge >= 0.3 is 0 Å². The normalized spacial score (nSPS) is 19.4. The molecule has 0 aromatic carbocycles. The average molecular weight is 290 g/mol. The molecule has 94 valence electrons. The van der Waals surface area contributed by atoms with Crippen molar-refractivity contribution in [3.05, 3.63) is 0 Å². The van der Waals surface area contributed by atoms with E-state index < -0.39 is 0 Å². The van der Waals surface area contributed by atoms with Gasteiger partial charge in [-0.3, -0.25) is 4.79 Å². The first-order chi connectivity index (χ1) is 7.72. The fourth-order valence-corrected chi connectivity index (χ4v) is 2.43. The molecule has 0 radical (unpaired) electrons. The summed E-state index contributed by atoms with van der Waals surface area (Å²) in [7, 11) is 0. The van der Waals surface area contributed by atoms with Crippen LogP contribution >= 0.6 is 15.9 Å². The van der Waals surface area contributed by atoms with E-state index in [4.69, 9.17) is 0 Å². The molecule has 1 N–H and O–H groups in total. The molecule has 0 spiro atoms. The van der Waals surface area contributed by atoms with Crippen LogP contribution in [0, 0.1) is 5.92 Å². The Morgan fingerprint density at radius 2 is 2.06 bits per heavy atom. The maximum atomic E-state index is 11.6. The number of alkyl halides is 1. The van der Waals surface area contributed by atoms with Crippen LogP contribution in [0.4, 0.5) is 0 Å². The van der Waals surface area contributed by atoms with E-state index in [-0.39, 0.29) is 5.91 Å². The van der Waals surface area contributed by atoms with Crippen LogP contribution in [0.2, 0.25) is 0 Å². The van der Waals surface area contributed by atoms with Crippen LogP contribution in [0.1, 0.15) is 58.3 Å². The van der Waals surface area contributed by atoms with Gasteiger partial charge in [0.15, 0.2) is 0 Å². The predicted molar refractivity (Wildman–Crippen MR) is 71.8 cm³/mol. The fourth-order valence-electron chi connectivity index (χ4n) is 2.27. The van der Waals surface area contributed by atoms with Crippen LogP contribution in [-0.4, -0.2) is 17.3 Å². The molecule has 3 heteroatoms. The summed E-state index contributed by atoms with van der Waals surface area (Å²) in [5.41, 5.74) is 0. The lowest BCUT2D eigenvalue weighted by molar-refractivity contribution is -0.121. The van der Waals surface area contributed by atoms with Gasteiger partial charge in [0, 0.05) is 17.8 Å². The Kier molecular flexibility index (Phi) is 7.10. The maximum absolute atomic E-state index is 11.6. The molecule has 1 rings (SSSR count). The first-order valence-electron chi connectivity index (χ1n) is 6.63. The van der Waals surface area contributed by atoms with Crippen LogP contribution in [0.25, 0.3) is 0 Å². The fraction of sp³-hybridized carbons (Fsp3) is 0.923. The second-order valence-corrected chi connectivity index (χ2v) is 6.15. The van der Waals surface area contributed by atoms with E-state index in [9.17, 15) is 4.79 Å². The van der Waals surface area contributed by atoms with Crippen molar-refractivity contribution in [2.24, 2.45) is 5.92 Å². The highest BCUT2D eigenvalue weighted by molar-refractivity contribution is 9.09. The summed E-state index contributed by atoms with van der Waals surface area (Å²) in [4.78, 5) is 12.0. The number of hydrogen-bond acceptors (Lipinski definition) is 1. The highest BCUT2D eigenvalue weighted by Gasteiger charge is 2.14. The zero-order valence-corrected chi connectivity index (χ0v) is 11.9. The number of rotatable bonds is 6. The maximum Gasteiger partial charge on any atom is 0.220 e. The van der Waals surface area contributed by atoms with E-state index in [0.717, 1.165) is 25.3 Å². The van der Waals surface area contributed by atoms with Gasteiger partial charge in [-0.15, -0.1) is 0 Å². The quantitative estimate of drug-likeness (QED) is 0.743. The van der Waals surface area contributed by atoms with E-state index in [1.165, 1.54) is 32.1 Å². The van der Waals surface area contributed by atoms with E-state index in [2.05, 4.69) is 28.2 Å². The van der Waals surface area contributed by atoms with Crippen LogP contribution < -0.4 is 5.32 Å². The molecule has 0 aromatic heterocycles. The van der Waals surface area contributed by atoms with E-state index in [1.54, 1.807) is 0 Å². The molecular weight excluding hydrogens is 266 g/mol. The molecular formula is C13H24BrNO. The summed E-state index contributed by atoms with van der Waals surface area (Å²) in [5, 5.41) is 2.99. The first-order valence-corrected chi connectivity index (χ1v) is 7.54. The minimum absolute atomic E-state index is 0.225. The molecule has 16 heavy (non-hydrogen) atoms. The van der Waals surface area contributed by atoms with Crippen LogP contribution in [0.15, 0.2) is 0 Å². The molecule has 2 nitrogen and oxygen atoms in total. The van der Waals surface area contributed by atoms with Gasteiger partial charge in [0.25, 0.3) is 0 Å². The molecule has 1 aliphatic rings. The Labute approximate surface area is 108 Å². The summed E-state index contributed by atoms with van der Waals surface area (Å²) in [6.07, 6.45) is 9.66. The number of carbonyl (C=O) groups is 1. The summed E-state index contributed by atoms with van der Waals surface area (Å²) in [5.74, 6) is 1.04. The lowest BCUT2D eigenvalue weighted by Crippen LogP contribution is -2.29. The molecule has 0 aromatic rings. The number of carbonyl (C=O) groups excluding carboxylic acids is 1. The van der Waals surface area contributed by atoms with E-state index in [1.807, 2.05) is 0 Å². The number of amides is 1. The van der Waals surface area contributed by atoms with Crippen LogP contribution in [-0.2, 0) is 4.79 Å². The first kappa shape index (κ1) is 14.0. The second kappa shape index (κ2) is 8.10. The van der Waals surface area contributed by atoms with Gasteiger partial charge in [-0.05, 0) is 18.8 Å². The van der Waals surface area contributed by atoms with Gasteiger partial charge in [-0.1, -0.05) is 55.0 Å². The number of hydrogen-bond donors (Lipinski definition) is 1. The Balaban J connectivity index is 2.05. The average Bonchev–Trinajstić information content (AvgIpc) is 2.34. The second-order valence-electron chi connectivity index (χ2n) is 4.85. The SMILES string of the molecule is CCC(Br)CNC(=O)CCC1CCCCC1. The van der Waals surface area contributed by atoms with E-state index in [0.29, 0.717) is 11.2 Å². The molecule has 1 aliphatic carbocycles. The molecule has 1 amide bonds. The van der Waals surface area contributed by atoms with E-state index >= 15 is 0 Å². The lowest BCUT2D eigenvalue weighted by Gasteiger charge is -2.21.